The summed E-state index contributed by atoms with van der Waals surface area (Å²) >= 11 is 0. The lowest BCUT2D eigenvalue weighted by Crippen LogP contribution is -2.29. The fraction of sp³-hybridized carbons (Fsp3) is 0.400. The molecular formula is C10H13N3O2. The van der Waals surface area contributed by atoms with E-state index in [0.717, 1.165) is 11.0 Å². The van der Waals surface area contributed by atoms with Gasteiger partial charge in [-0.15, -0.1) is 0 Å². The van der Waals surface area contributed by atoms with E-state index < -0.39 is 0 Å². The lowest BCUT2D eigenvalue weighted by Gasteiger charge is -2.15. The van der Waals surface area contributed by atoms with E-state index in [9.17, 15) is 9.59 Å². The van der Waals surface area contributed by atoms with E-state index in [1.165, 1.54) is 16.4 Å². The van der Waals surface area contributed by atoms with Crippen LogP contribution in [0.3, 0.4) is 0 Å². The Labute approximate surface area is 86.5 Å². The molecule has 0 aliphatic heterocycles. The van der Waals surface area contributed by atoms with E-state index in [-0.39, 0.29) is 17.4 Å². The zero-order valence-electron chi connectivity index (χ0n) is 8.75. The quantitative estimate of drug-likeness (QED) is 0.648. The van der Waals surface area contributed by atoms with Crippen molar-refractivity contribution < 1.29 is 0 Å². The van der Waals surface area contributed by atoms with Crippen molar-refractivity contribution in [1.82, 2.24) is 13.9 Å². The number of allylic oxidation sites excluding steroid dienone is 4. The van der Waals surface area contributed by atoms with Crippen molar-refractivity contribution in [2.24, 2.45) is 14.1 Å². The molecule has 80 valence electrons. The van der Waals surface area contributed by atoms with E-state index in [0.29, 0.717) is 0 Å². The maximum absolute atomic E-state index is 11.8. The average Bonchev–Trinajstić information content (AvgIpc) is 2.45. The Morgan fingerprint density at radius 3 is 2.40 bits per heavy atom. The molecule has 1 aromatic heterocycles. The summed E-state index contributed by atoms with van der Waals surface area (Å²) in [7, 11) is 3.10. The van der Waals surface area contributed by atoms with Crippen molar-refractivity contribution in [3.05, 3.63) is 45.3 Å². The maximum Gasteiger partial charge on any atom is 0.347 e. The van der Waals surface area contributed by atoms with Gasteiger partial charge in [0, 0.05) is 14.1 Å². The smallest absolute Gasteiger partial charge is 0.246 e. The molecule has 0 spiro atoms. The van der Waals surface area contributed by atoms with Gasteiger partial charge in [-0.1, -0.05) is 24.3 Å². The van der Waals surface area contributed by atoms with Gasteiger partial charge < -0.3 is 0 Å². The Kier molecular flexibility index (Phi) is 2.22. The molecule has 1 aromatic rings. The molecule has 1 aliphatic rings. The van der Waals surface area contributed by atoms with Crippen LogP contribution < -0.4 is 11.4 Å². The normalized spacial score (nSPS) is 19.7. The summed E-state index contributed by atoms with van der Waals surface area (Å²) in [5, 5.41) is 0. The van der Waals surface area contributed by atoms with Crippen molar-refractivity contribution in [3.8, 4) is 0 Å². The van der Waals surface area contributed by atoms with E-state index in [1.54, 1.807) is 7.05 Å². The zero-order chi connectivity index (χ0) is 11.0. The topological polar surface area (TPSA) is 48.9 Å². The standard InChI is InChI=1S/C10H13N3O2/c1-11-9(14)12(2)13(10(11)15)8-6-4-3-5-7-8/h3-6,8H,7H2,1-2H3/t8-/m1/s1. The first kappa shape index (κ1) is 9.76. The first-order valence-corrected chi connectivity index (χ1v) is 4.81. The molecule has 0 bridgehead atoms. The van der Waals surface area contributed by atoms with Crippen LogP contribution in [0.15, 0.2) is 33.9 Å². The first-order valence-electron chi connectivity index (χ1n) is 4.81. The summed E-state index contributed by atoms with van der Waals surface area (Å²) in [6.45, 7) is 0. The van der Waals surface area contributed by atoms with Gasteiger partial charge in [0.15, 0.2) is 0 Å². The lowest BCUT2D eigenvalue weighted by atomic mass is 10.1. The molecule has 2 rings (SSSR count). The van der Waals surface area contributed by atoms with Crippen LogP contribution in [0.4, 0.5) is 0 Å². The van der Waals surface area contributed by atoms with Gasteiger partial charge in [-0.05, 0) is 6.42 Å². The van der Waals surface area contributed by atoms with Gasteiger partial charge in [0.25, 0.3) is 0 Å². The van der Waals surface area contributed by atoms with E-state index in [4.69, 9.17) is 0 Å². The molecule has 1 atom stereocenters. The molecule has 0 fully saturated rings. The third kappa shape index (κ3) is 1.40. The van der Waals surface area contributed by atoms with Crippen LogP contribution >= 0.6 is 0 Å². The van der Waals surface area contributed by atoms with Crippen molar-refractivity contribution in [2.75, 3.05) is 0 Å². The Hall–Kier alpha value is -1.78. The molecule has 5 heteroatoms. The van der Waals surface area contributed by atoms with Crippen LogP contribution in [0.5, 0.6) is 0 Å². The van der Waals surface area contributed by atoms with Gasteiger partial charge in [0.2, 0.25) is 0 Å². The number of nitrogens with zero attached hydrogens (tertiary/aromatic N) is 3. The molecule has 0 N–H and O–H groups in total. The van der Waals surface area contributed by atoms with Crippen LogP contribution in [-0.2, 0) is 14.1 Å². The third-order valence-corrected chi connectivity index (χ3v) is 2.64. The van der Waals surface area contributed by atoms with Crippen molar-refractivity contribution in [3.63, 3.8) is 0 Å². The van der Waals surface area contributed by atoms with Crippen LogP contribution in [-0.4, -0.2) is 13.9 Å². The van der Waals surface area contributed by atoms with Gasteiger partial charge in [0.05, 0.1) is 6.04 Å². The van der Waals surface area contributed by atoms with Gasteiger partial charge in [0.1, 0.15) is 0 Å². The number of aromatic nitrogens is 3. The summed E-state index contributed by atoms with van der Waals surface area (Å²) in [5.74, 6) is 0. The second-order valence-corrected chi connectivity index (χ2v) is 3.61. The summed E-state index contributed by atoms with van der Waals surface area (Å²) in [5.41, 5.74) is -0.560. The molecule has 0 unspecified atom stereocenters. The minimum atomic E-state index is -0.289. The minimum absolute atomic E-state index is 0.0543. The monoisotopic (exact) mass is 207 g/mol. The SMILES string of the molecule is Cn1c(=O)n(C)n([C@@H]2C=CC=CC2)c1=O. The molecule has 0 saturated heterocycles. The highest BCUT2D eigenvalue weighted by molar-refractivity contribution is 5.12. The summed E-state index contributed by atoms with van der Waals surface area (Å²) < 4.78 is 3.95. The predicted octanol–water partition coefficient (Wildman–Crippen LogP) is -0.0573. The number of rotatable bonds is 1. The van der Waals surface area contributed by atoms with Crippen molar-refractivity contribution in [2.45, 2.75) is 12.5 Å². The molecule has 0 saturated carbocycles. The molecule has 5 nitrogen and oxygen atoms in total. The van der Waals surface area contributed by atoms with Crippen LogP contribution in [0.25, 0.3) is 0 Å². The van der Waals surface area contributed by atoms with E-state index in [2.05, 4.69) is 0 Å². The van der Waals surface area contributed by atoms with Crippen molar-refractivity contribution in [1.29, 1.82) is 0 Å². The van der Waals surface area contributed by atoms with Crippen molar-refractivity contribution >= 4 is 0 Å². The van der Waals surface area contributed by atoms with Gasteiger partial charge in [-0.3, -0.25) is 0 Å². The molecule has 0 amide bonds. The highest BCUT2D eigenvalue weighted by Crippen LogP contribution is 2.14. The van der Waals surface area contributed by atoms with E-state index in [1.807, 2.05) is 24.3 Å². The first-order chi connectivity index (χ1) is 7.13. The number of hydrogen-bond donors (Lipinski definition) is 0. The third-order valence-electron chi connectivity index (χ3n) is 2.64. The second kappa shape index (κ2) is 3.42. The fourth-order valence-electron chi connectivity index (χ4n) is 1.79. The Balaban J connectivity index is 2.58. The van der Waals surface area contributed by atoms with Gasteiger partial charge in [-0.25, -0.2) is 23.5 Å². The molecule has 0 aromatic carbocycles. The Bertz CT molecular complexity index is 542. The van der Waals surface area contributed by atoms with Crippen LogP contribution in [0.2, 0.25) is 0 Å². The summed E-state index contributed by atoms with van der Waals surface area (Å²) in [6, 6.07) is -0.0543. The summed E-state index contributed by atoms with van der Waals surface area (Å²) in [6.07, 6.45) is 8.46. The number of hydrogen-bond acceptors (Lipinski definition) is 2. The molecule has 15 heavy (non-hydrogen) atoms. The largest absolute Gasteiger partial charge is 0.347 e. The molecule has 1 aliphatic carbocycles. The van der Waals surface area contributed by atoms with Gasteiger partial charge >= 0.3 is 11.4 Å². The molecular weight excluding hydrogens is 194 g/mol. The van der Waals surface area contributed by atoms with Crippen LogP contribution in [0.1, 0.15) is 12.5 Å². The average molecular weight is 207 g/mol. The van der Waals surface area contributed by atoms with E-state index >= 15 is 0 Å². The Morgan fingerprint density at radius 2 is 1.93 bits per heavy atom. The minimum Gasteiger partial charge on any atom is -0.246 e. The zero-order valence-corrected chi connectivity index (χ0v) is 8.75. The van der Waals surface area contributed by atoms with Crippen LogP contribution in [0, 0.1) is 0 Å². The lowest BCUT2D eigenvalue weighted by molar-refractivity contribution is 0.438. The molecule has 1 heterocycles. The maximum atomic E-state index is 11.8. The fourth-order valence-corrected chi connectivity index (χ4v) is 1.79. The highest BCUT2D eigenvalue weighted by Gasteiger charge is 2.16. The predicted molar refractivity (Wildman–Crippen MR) is 56.8 cm³/mol. The second-order valence-electron chi connectivity index (χ2n) is 3.61. The Morgan fingerprint density at radius 1 is 1.20 bits per heavy atom. The highest BCUT2D eigenvalue weighted by atomic mass is 16.2. The van der Waals surface area contributed by atoms with Gasteiger partial charge in [-0.2, -0.15) is 0 Å². The summed E-state index contributed by atoms with van der Waals surface area (Å²) in [4.78, 5) is 23.3. The molecule has 0 radical (unpaired) electrons.